The van der Waals surface area contributed by atoms with Crippen LogP contribution in [0.25, 0.3) is 53.6 Å². The lowest BCUT2D eigenvalue weighted by Gasteiger charge is -2.04. The number of hydrogen-bond acceptors (Lipinski definition) is 6. The van der Waals surface area contributed by atoms with E-state index in [2.05, 4.69) is 35.8 Å². The zero-order valence-corrected chi connectivity index (χ0v) is 18.7. The first kappa shape index (κ1) is 19.7. The highest BCUT2D eigenvalue weighted by Crippen LogP contribution is 2.38. The van der Waals surface area contributed by atoms with Gasteiger partial charge in [-0.2, -0.15) is 0 Å². The lowest BCUT2D eigenvalue weighted by Crippen LogP contribution is -2.14. The number of carbonyl (C=O) groups excluding carboxylic acids is 1. The molecule has 6 nitrogen and oxygen atoms in total. The van der Waals surface area contributed by atoms with Crippen molar-refractivity contribution in [3.63, 3.8) is 0 Å². The quantitative estimate of drug-likeness (QED) is 0.243. The first-order chi connectivity index (χ1) is 16.1. The summed E-state index contributed by atoms with van der Waals surface area (Å²) in [6, 6.07) is 19.8. The summed E-state index contributed by atoms with van der Waals surface area (Å²) in [6.07, 6.45) is 0. The van der Waals surface area contributed by atoms with Crippen molar-refractivity contribution in [3.05, 3.63) is 76.6 Å². The van der Waals surface area contributed by atoms with Gasteiger partial charge in [0.15, 0.2) is 0 Å². The van der Waals surface area contributed by atoms with Gasteiger partial charge in [-0.3, -0.25) is 0 Å². The molecule has 33 heavy (non-hydrogen) atoms. The molecule has 3 aromatic carbocycles. The maximum Gasteiger partial charge on any atom is 0.351 e. The van der Waals surface area contributed by atoms with Crippen molar-refractivity contribution in [1.82, 2.24) is 9.55 Å². The van der Waals surface area contributed by atoms with Crippen LogP contribution in [0.5, 0.6) is 0 Å². The van der Waals surface area contributed by atoms with Gasteiger partial charge in [-0.05, 0) is 55.5 Å². The molecule has 0 radical (unpaired) electrons. The molecule has 6 aromatic rings. The average molecular weight is 455 g/mol. The average Bonchev–Trinajstić information content (AvgIpc) is 3.41. The number of esters is 1. The van der Waals surface area contributed by atoms with Gasteiger partial charge in [0, 0.05) is 28.4 Å². The van der Waals surface area contributed by atoms with E-state index < -0.39 is 11.6 Å². The van der Waals surface area contributed by atoms with Crippen molar-refractivity contribution < 1.29 is 13.9 Å². The number of nitrogens with zero attached hydrogens (tertiary/aromatic N) is 2. The molecule has 0 aliphatic heterocycles. The molecule has 0 aliphatic carbocycles. The molecule has 0 N–H and O–H groups in total. The fourth-order valence-electron chi connectivity index (χ4n) is 4.48. The Hall–Kier alpha value is -3.97. The van der Waals surface area contributed by atoms with E-state index in [0.29, 0.717) is 11.0 Å². The molecule has 0 saturated heterocycles. The molecule has 6 rings (SSSR count). The SMILES string of the molecule is CCn1c2ccc(-c3nc4ccccc4s3)cc2c2c3oc(=O)c(C(=O)OC)cc3ccc21. The topological polar surface area (TPSA) is 74.3 Å². The second-order valence-electron chi connectivity index (χ2n) is 7.78. The van der Waals surface area contributed by atoms with Crippen LogP contribution in [0.2, 0.25) is 0 Å². The second kappa shape index (κ2) is 7.28. The number of benzene rings is 3. The van der Waals surface area contributed by atoms with Crippen molar-refractivity contribution in [1.29, 1.82) is 0 Å². The number of fused-ring (bicyclic) bond motifs is 6. The van der Waals surface area contributed by atoms with Crippen LogP contribution in [0, 0.1) is 0 Å². The van der Waals surface area contributed by atoms with Gasteiger partial charge in [0.25, 0.3) is 0 Å². The highest BCUT2D eigenvalue weighted by atomic mass is 32.1. The Kier molecular flexibility index (Phi) is 4.35. The lowest BCUT2D eigenvalue weighted by molar-refractivity contribution is 0.0596. The zero-order valence-electron chi connectivity index (χ0n) is 17.9. The Bertz CT molecular complexity index is 1760. The highest BCUT2D eigenvalue weighted by molar-refractivity contribution is 7.21. The van der Waals surface area contributed by atoms with Crippen LogP contribution < -0.4 is 5.63 Å². The molecule has 7 heteroatoms. The number of ether oxygens (including phenoxy) is 1. The molecule has 3 aromatic heterocycles. The van der Waals surface area contributed by atoms with Gasteiger partial charge in [-0.15, -0.1) is 11.3 Å². The van der Waals surface area contributed by atoms with E-state index in [9.17, 15) is 9.59 Å². The Morgan fingerprint density at radius 1 is 1.09 bits per heavy atom. The first-order valence-corrected chi connectivity index (χ1v) is 11.4. The molecule has 0 bridgehead atoms. The van der Waals surface area contributed by atoms with Crippen molar-refractivity contribution in [2.75, 3.05) is 7.11 Å². The Labute approximate surface area is 191 Å². The molecule has 0 unspecified atom stereocenters. The molecule has 0 spiro atoms. The van der Waals surface area contributed by atoms with Gasteiger partial charge in [-0.25, -0.2) is 14.6 Å². The number of hydrogen-bond donors (Lipinski definition) is 0. The van der Waals surface area contributed by atoms with E-state index >= 15 is 0 Å². The predicted molar refractivity (Wildman–Crippen MR) is 131 cm³/mol. The Morgan fingerprint density at radius 3 is 2.70 bits per heavy atom. The molecular weight excluding hydrogens is 436 g/mol. The number of aromatic nitrogens is 2. The van der Waals surface area contributed by atoms with E-state index in [1.54, 1.807) is 17.4 Å². The molecule has 3 heterocycles. The van der Waals surface area contributed by atoms with Crippen molar-refractivity contribution in [3.8, 4) is 10.6 Å². The number of rotatable bonds is 3. The van der Waals surface area contributed by atoms with Crippen LogP contribution in [-0.2, 0) is 11.3 Å². The van der Waals surface area contributed by atoms with Gasteiger partial charge in [0.2, 0.25) is 0 Å². The minimum absolute atomic E-state index is 0.112. The maximum absolute atomic E-state index is 12.6. The normalized spacial score (nSPS) is 11.7. The number of para-hydroxylation sites is 1. The summed E-state index contributed by atoms with van der Waals surface area (Å²) in [5.41, 5.74) is 3.63. The summed E-state index contributed by atoms with van der Waals surface area (Å²) in [4.78, 5) is 29.4. The lowest BCUT2D eigenvalue weighted by atomic mass is 10.1. The minimum Gasteiger partial charge on any atom is -0.465 e. The fraction of sp³-hybridized carbons (Fsp3) is 0.115. The molecule has 0 amide bonds. The van der Waals surface area contributed by atoms with Crippen molar-refractivity contribution >= 4 is 60.3 Å². The summed E-state index contributed by atoms with van der Waals surface area (Å²) >= 11 is 1.65. The monoisotopic (exact) mass is 454 g/mol. The van der Waals surface area contributed by atoms with E-state index in [-0.39, 0.29) is 5.56 Å². The second-order valence-corrected chi connectivity index (χ2v) is 8.81. The molecule has 0 saturated carbocycles. The van der Waals surface area contributed by atoms with Crippen LogP contribution >= 0.6 is 11.3 Å². The minimum atomic E-state index is -0.708. The number of aryl methyl sites for hydroxylation is 1. The van der Waals surface area contributed by atoms with Crippen LogP contribution in [0.1, 0.15) is 17.3 Å². The Balaban J connectivity index is 1.68. The van der Waals surface area contributed by atoms with Crippen LogP contribution in [0.3, 0.4) is 0 Å². The number of methoxy groups -OCH3 is 1. The van der Waals surface area contributed by atoms with Gasteiger partial charge in [-0.1, -0.05) is 12.1 Å². The van der Waals surface area contributed by atoms with Gasteiger partial charge >= 0.3 is 11.6 Å². The smallest absolute Gasteiger partial charge is 0.351 e. The molecule has 162 valence electrons. The van der Waals surface area contributed by atoms with Crippen LogP contribution in [0.15, 0.2) is 69.9 Å². The van der Waals surface area contributed by atoms with Crippen molar-refractivity contribution in [2.45, 2.75) is 13.5 Å². The van der Waals surface area contributed by atoms with Crippen molar-refractivity contribution in [2.24, 2.45) is 0 Å². The molecular formula is C26H18N2O4S. The third-order valence-electron chi connectivity index (χ3n) is 5.99. The highest BCUT2D eigenvalue weighted by Gasteiger charge is 2.19. The van der Waals surface area contributed by atoms with E-state index in [0.717, 1.165) is 49.1 Å². The summed E-state index contributed by atoms with van der Waals surface area (Å²) < 4.78 is 13.8. The number of carbonyl (C=O) groups is 1. The summed E-state index contributed by atoms with van der Waals surface area (Å²) in [5.74, 6) is -0.708. The zero-order chi connectivity index (χ0) is 22.7. The van der Waals surface area contributed by atoms with Crippen LogP contribution in [0.4, 0.5) is 0 Å². The van der Waals surface area contributed by atoms with Gasteiger partial charge < -0.3 is 13.7 Å². The molecule has 0 fully saturated rings. The van der Waals surface area contributed by atoms with Gasteiger partial charge in [0.1, 0.15) is 16.2 Å². The Morgan fingerprint density at radius 2 is 1.91 bits per heavy atom. The fourth-order valence-corrected chi connectivity index (χ4v) is 5.44. The van der Waals surface area contributed by atoms with Crippen LogP contribution in [-0.4, -0.2) is 22.6 Å². The summed E-state index contributed by atoms with van der Waals surface area (Å²) in [6.45, 7) is 2.84. The standard InChI is InChI=1S/C26H18N2O4S/c1-3-28-19-10-9-15(24-27-18-6-4-5-7-21(18)33-24)13-16(19)22-20(28)11-8-14-12-17(25(29)31-2)26(30)32-23(14)22/h4-13H,3H2,1-2H3. The molecule has 0 atom stereocenters. The largest absolute Gasteiger partial charge is 0.465 e. The third kappa shape index (κ3) is 2.89. The predicted octanol–water partition coefficient (Wildman–Crippen LogP) is 5.98. The van der Waals surface area contributed by atoms with Gasteiger partial charge in [0.05, 0.1) is 28.2 Å². The number of thiazole rings is 1. The molecule has 0 aliphatic rings. The maximum atomic E-state index is 12.6. The summed E-state index contributed by atoms with van der Waals surface area (Å²) in [5, 5.41) is 3.43. The van der Waals surface area contributed by atoms with E-state index in [1.165, 1.54) is 7.11 Å². The van der Waals surface area contributed by atoms with E-state index in [1.807, 2.05) is 30.3 Å². The summed E-state index contributed by atoms with van der Waals surface area (Å²) in [7, 11) is 1.24. The van der Waals surface area contributed by atoms with E-state index in [4.69, 9.17) is 14.1 Å². The first-order valence-electron chi connectivity index (χ1n) is 10.6. The third-order valence-corrected chi connectivity index (χ3v) is 7.08.